The first-order valence-electron chi connectivity index (χ1n) is 7.21. The van der Waals surface area contributed by atoms with Gasteiger partial charge in [-0.2, -0.15) is 0 Å². The van der Waals surface area contributed by atoms with Crippen LogP contribution in [0, 0.1) is 13.8 Å². The molecule has 3 heteroatoms. The highest BCUT2D eigenvalue weighted by molar-refractivity contribution is 5.76. The van der Waals surface area contributed by atoms with Crippen molar-refractivity contribution in [2.24, 2.45) is 0 Å². The first kappa shape index (κ1) is 13.9. The number of amides is 1. The summed E-state index contributed by atoms with van der Waals surface area (Å²) < 4.78 is 0. The van der Waals surface area contributed by atoms with Crippen LogP contribution in [0.25, 0.3) is 0 Å². The molecule has 1 aromatic carbocycles. The molecule has 0 unspecified atom stereocenters. The van der Waals surface area contributed by atoms with Gasteiger partial charge in [-0.05, 0) is 43.5 Å². The summed E-state index contributed by atoms with van der Waals surface area (Å²) in [5.41, 5.74) is 3.90. The average molecular weight is 260 g/mol. The van der Waals surface area contributed by atoms with Crippen molar-refractivity contribution < 1.29 is 4.79 Å². The number of hydrogen-bond acceptors (Lipinski definition) is 2. The molecule has 1 amide bonds. The number of aryl methyl sites for hydroxylation is 2. The SMILES string of the molecule is CCCC(=O)N1CCN(c2cc(C)cc(C)c2)CC1. The van der Waals surface area contributed by atoms with E-state index in [0.29, 0.717) is 12.3 Å². The van der Waals surface area contributed by atoms with Crippen LogP contribution in [0.4, 0.5) is 5.69 Å². The number of carbonyl (C=O) groups is 1. The van der Waals surface area contributed by atoms with Gasteiger partial charge >= 0.3 is 0 Å². The van der Waals surface area contributed by atoms with Gasteiger partial charge in [0.15, 0.2) is 0 Å². The van der Waals surface area contributed by atoms with Crippen LogP contribution >= 0.6 is 0 Å². The van der Waals surface area contributed by atoms with E-state index in [-0.39, 0.29) is 0 Å². The molecule has 0 radical (unpaired) electrons. The molecule has 1 fully saturated rings. The first-order valence-corrected chi connectivity index (χ1v) is 7.21. The number of benzene rings is 1. The summed E-state index contributed by atoms with van der Waals surface area (Å²) in [7, 11) is 0. The molecule has 0 N–H and O–H groups in total. The fraction of sp³-hybridized carbons (Fsp3) is 0.562. The third-order valence-electron chi connectivity index (χ3n) is 3.67. The molecule has 0 aliphatic carbocycles. The van der Waals surface area contributed by atoms with Crippen molar-refractivity contribution in [2.75, 3.05) is 31.1 Å². The Hall–Kier alpha value is -1.51. The Labute approximate surface area is 116 Å². The standard InChI is InChI=1S/C16H24N2O/c1-4-5-16(19)18-8-6-17(7-9-18)15-11-13(2)10-14(3)12-15/h10-12H,4-9H2,1-3H3. The van der Waals surface area contributed by atoms with E-state index in [1.54, 1.807) is 0 Å². The molecule has 0 saturated carbocycles. The van der Waals surface area contributed by atoms with Gasteiger partial charge in [0.05, 0.1) is 0 Å². The molecule has 2 rings (SSSR count). The smallest absolute Gasteiger partial charge is 0.222 e. The molecule has 1 aromatic rings. The van der Waals surface area contributed by atoms with E-state index in [1.165, 1.54) is 16.8 Å². The Balaban J connectivity index is 1.97. The lowest BCUT2D eigenvalue weighted by atomic mass is 10.1. The summed E-state index contributed by atoms with van der Waals surface area (Å²) in [6, 6.07) is 6.66. The highest BCUT2D eigenvalue weighted by Gasteiger charge is 2.20. The molecule has 104 valence electrons. The van der Waals surface area contributed by atoms with Crippen LogP contribution in [0.15, 0.2) is 18.2 Å². The summed E-state index contributed by atoms with van der Waals surface area (Å²) in [6.07, 6.45) is 1.62. The Kier molecular flexibility index (Phi) is 4.46. The monoisotopic (exact) mass is 260 g/mol. The third kappa shape index (κ3) is 3.49. The maximum absolute atomic E-state index is 11.9. The van der Waals surface area contributed by atoms with Gasteiger partial charge in [0.1, 0.15) is 0 Å². The normalized spacial score (nSPS) is 15.7. The van der Waals surface area contributed by atoms with E-state index >= 15 is 0 Å². The van der Waals surface area contributed by atoms with Gasteiger partial charge in [0, 0.05) is 38.3 Å². The van der Waals surface area contributed by atoms with E-state index < -0.39 is 0 Å². The van der Waals surface area contributed by atoms with Crippen molar-refractivity contribution in [2.45, 2.75) is 33.6 Å². The van der Waals surface area contributed by atoms with Gasteiger partial charge in [-0.25, -0.2) is 0 Å². The minimum Gasteiger partial charge on any atom is -0.368 e. The minimum absolute atomic E-state index is 0.308. The number of piperazine rings is 1. The van der Waals surface area contributed by atoms with Crippen molar-refractivity contribution in [3.63, 3.8) is 0 Å². The number of nitrogens with zero attached hydrogens (tertiary/aromatic N) is 2. The van der Waals surface area contributed by atoms with Crippen LogP contribution in [0.5, 0.6) is 0 Å². The molecule has 1 aliphatic rings. The second-order valence-electron chi connectivity index (χ2n) is 5.46. The highest BCUT2D eigenvalue weighted by atomic mass is 16.2. The van der Waals surface area contributed by atoms with Crippen LogP contribution in [0.3, 0.4) is 0 Å². The quantitative estimate of drug-likeness (QED) is 0.834. The Bertz CT molecular complexity index is 428. The van der Waals surface area contributed by atoms with Gasteiger partial charge in [0.2, 0.25) is 5.91 Å². The topological polar surface area (TPSA) is 23.6 Å². The van der Waals surface area contributed by atoms with Crippen LogP contribution in [-0.2, 0) is 4.79 Å². The molecule has 0 aromatic heterocycles. The van der Waals surface area contributed by atoms with E-state index in [2.05, 4.69) is 43.9 Å². The zero-order chi connectivity index (χ0) is 13.8. The minimum atomic E-state index is 0.308. The van der Waals surface area contributed by atoms with Gasteiger partial charge in [-0.3, -0.25) is 4.79 Å². The molecular weight excluding hydrogens is 236 g/mol. The van der Waals surface area contributed by atoms with E-state index in [1.807, 2.05) is 4.90 Å². The lowest BCUT2D eigenvalue weighted by Crippen LogP contribution is -2.48. The number of anilines is 1. The predicted molar refractivity (Wildman–Crippen MR) is 79.6 cm³/mol. The highest BCUT2D eigenvalue weighted by Crippen LogP contribution is 2.20. The third-order valence-corrected chi connectivity index (χ3v) is 3.67. The molecule has 19 heavy (non-hydrogen) atoms. The van der Waals surface area contributed by atoms with Crippen molar-refractivity contribution in [3.8, 4) is 0 Å². The molecule has 1 saturated heterocycles. The Morgan fingerprint density at radius 1 is 1.05 bits per heavy atom. The van der Waals surface area contributed by atoms with Crippen molar-refractivity contribution in [3.05, 3.63) is 29.3 Å². The number of carbonyl (C=O) groups excluding carboxylic acids is 1. The van der Waals surface area contributed by atoms with Crippen LogP contribution in [-0.4, -0.2) is 37.0 Å². The predicted octanol–water partition coefficient (Wildman–Crippen LogP) is 2.75. The summed E-state index contributed by atoms with van der Waals surface area (Å²) in [4.78, 5) is 16.2. The largest absolute Gasteiger partial charge is 0.368 e. The number of hydrogen-bond donors (Lipinski definition) is 0. The zero-order valence-electron chi connectivity index (χ0n) is 12.3. The van der Waals surface area contributed by atoms with Gasteiger partial charge < -0.3 is 9.80 Å². The van der Waals surface area contributed by atoms with Crippen LogP contribution in [0.2, 0.25) is 0 Å². The molecule has 1 heterocycles. The van der Waals surface area contributed by atoms with Crippen molar-refractivity contribution >= 4 is 11.6 Å². The summed E-state index contributed by atoms with van der Waals surface area (Å²) in [5, 5.41) is 0. The van der Waals surface area contributed by atoms with E-state index in [9.17, 15) is 4.79 Å². The van der Waals surface area contributed by atoms with Crippen LogP contribution < -0.4 is 4.90 Å². The number of rotatable bonds is 3. The summed E-state index contributed by atoms with van der Waals surface area (Å²) in [6.45, 7) is 9.92. The van der Waals surface area contributed by atoms with Crippen LogP contribution in [0.1, 0.15) is 30.9 Å². The van der Waals surface area contributed by atoms with Gasteiger partial charge in [0.25, 0.3) is 0 Å². The van der Waals surface area contributed by atoms with Gasteiger partial charge in [-0.15, -0.1) is 0 Å². The second kappa shape index (κ2) is 6.09. The van der Waals surface area contributed by atoms with Crippen molar-refractivity contribution in [1.82, 2.24) is 4.90 Å². The lowest BCUT2D eigenvalue weighted by Gasteiger charge is -2.36. The fourth-order valence-electron chi connectivity index (χ4n) is 2.72. The summed E-state index contributed by atoms with van der Waals surface area (Å²) in [5.74, 6) is 0.308. The van der Waals surface area contributed by atoms with E-state index in [4.69, 9.17) is 0 Å². The molecule has 3 nitrogen and oxygen atoms in total. The maximum atomic E-state index is 11.9. The Morgan fingerprint density at radius 2 is 1.63 bits per heavy atom. The molecule has 0 bridgehead atoms. The van der Waals surface area contributed by atoms with Gasteiger partial charge in [-0.1, -0.05) is 13.0 Å². The molecular formula is C16H24N2O. The maximum Gasteiger partial charge on any atom is 0.222 e. The Morgan fingerprint density at radius 3 is 2.16 bits per heavy atom. The first-order chi connectivity index (χ1) is 9.10. The molecule has 0 spiro atoms. The van der Waals surface area contributed by atoms with Crippen molar-refractivity contribution in [1.29, 1.82) is 0 Å². The molecule has 0 atom stereocenters. The molecule has 1 aliphatic heterocycles. The lowest BCUT2D eigenvalue weighted by molar-refractivity contribution is -0.131. The zero-order valence-corrected chi connectivity index (χ0v) is 12.3. The summed E-state index contributed by atoms with van der Waals surface area (Å²) >= 11 is 0. The average Bonchev–Trinajstić information content (AvgIpc) is 2.38. The van der Waals surface area contributed by atoms with E-state index in [0.717, 1.165) is 32.6 Å². The second-order valence-corrected chi connectivity index (χ2v) is 5.46. The fourth-order valence-corrected chi connectivity index (χ4v) is 2.72.